The van der Waals surface area contributed by atoms with Crippen molar-refractivity contribution in [3.05, 3.63) is 59.2 Å². The fraction of sp³-hybridized carbons (Fsp3) is 0.350. The number of carbonyl (C=O) groups excluding carboxylic acids is 1. The quantitative estimate of drug-likeness (QED) is 0.689. The Kier molecular flexibility index (Phi) is 6.83. The summed E-state index contributed by atoms with van der Waals surface area (Å²) >= 11 is 0. The van der Waals surface area contributed by atoms with Gasteiger partial charge in [0, 0.05) is 13.1 Å². The van der Waals surface area contributed by atoms with Crippen molar-refractivity contribution in [3.8, 4) is 11.5 Å². The third kappa shape index (κ3) is 5.22. The molecule has 0 aliphatic carbocycles. The molecule has 0 unspecified atom stereocenters. The topological polar surface area (TPSA) is 48.0 Å². The van der Waals surface area contributed by atoms with Crippen LogP contribution >= 0.6 is 0 Å². The fourth-order valence-corrected chi connectivity index (χ4v) is 2.61. The minimum Gasteiger partial charge on any atom is -0.493 e. The highest BCUT2D eigenvalue weighted by Crippen LogP contribution is 2.27. The Morgan fingerprint density at radius 2 is 1.56 bits per heavy atom. The van der Waals surface area contributed by atoms with Crippen molar-refractivity contribution in [2.75, 3.05) is 34.9 Å². The Morgan fingerprint density at radius 1 is 0.920 bits per heavy atom. The predicted octanol–water partition coefficient (Wildman–Crippen LogP) is 3.16. The zero-order chi connectivity index (χ0) is 18.2. The molecular formula is C20H25NO4. The molecule has 0 aromatic heterocycles. The van der Waals surface area contributed by atoms with E-state index in [2.05, 4.69) is 18.0 Å². The number of hydrogen-bond donors (Lipinski definition) is 0. The lowest BCUT2D eigenvalue weighted by Crippen LogP contribution is -2.20. The van der Waals surface area contributed by atoms with Gasteiger partial charge in [-0.05, 0) is 48.9 Å². The fourth-order valence-electron chi connectivity index (χ4n) is 2.61. The van der Waals surface area contributed by atoms with Gasteiger partial charge in [0.05, 0.1) is 26.9 Å². The summed E-state index contributed by atoms with van der Waals surface area (Å²) in [6.07, 6.45) is 0.914. The van der Waals surface area contributed by atoms with Crippen LogP contribution in [-0.2, 0) is 17.7 Å². The summed E-state index contributed by atoms with van der Waals surface area (Å²) < 4.78 is 15.3. The largest absolute Gasteiger partial charge is 0.493 e. The van der Waals surface area contributed by atoms with E-state index in [9.17, 15) is 4.79 Å². The first-order valence-electron chi connectivity index (χ1n) is 8.14. The van der Waals surface area contributed by atoms with E-state index in [1.807, 2.05) is 24.3 Å². The van der Waals surface area contributed by atoms with Crippen molar-refractivity contribution in [1.82, 2.24) is 4.90 Å². The Bertz CT molecular complexity index is 697. The number of ether oxygens (including phenoxy) is 3. The molecular weight excluding hydrogens is 318 g/mol. The number of nitrogens with zero attached hydrogens (tertiary/aromatic N) is 1. The number of methoxy groups -OCH3 is 3. The lowest BCUT2D eigenvalue weighted by Gasteiger charge is -2.17. The van der Waals surface area contributed by atoms with E-state index in [0.717, 1.165) is 36.6 Å². The molecule has 0 fully saturated rings. The highest BCUT2D eigenvalue weighted by atomic mass is 16.5. The van der Waals surface area contributed by atoms with E-state index in [-0.39, 0.29) is 5.97 Å². The maximum absolute atomic E-state index is 11.5. The molecule has 0 aliphatic heterocycles. The molecule has 2 rings (SSSR count). The average molecular weight is 343 g/mol. The zero-order valence-corrected chi connectivity index (χ0v) is 15.2. The standard InChI is InChI=1S/C20H25NO4/c1-21(14-16-5-8-17(9-6-16)20(22)25-4)12-11-15-7-10-18(23-2)19(13-15)24-3/h5-10,13H,11-12,14H2,1-4H3. The van der Waals surface area contributed by atoms with E-state index in [1.165, 1.54) is 12.7 Å². The molecule has 0 saturated heterocycles. The Balaban J connectivity index is 1.90. The summed E-state index contributed by atoms with van der Waals surface area (Å²) in [6, 6.07) is 13.5. The molecule has 0 saturated carbocycles. The van der Waals surface area contributed by atoms with Gasteiger partial charge in [0.2, 0.25) is 0 Å². The van der Waals surface area contributed by atoms with Crippen LogP contribution in [-0.4, -0.2) is 45.8 Å². The molecule has 0 N–H and O–H groups in total. The van der Waals surface area contributed by atoms with Gasteiger partial charge >= 0.3 is 5.97 Å². The molecule has 0 aliphatic rings. The second-order valence-corrected chi connectivity index (χ2v) is 5.87. The molecule has 0 amide bonds. The van der Waals surface area contributed by atoms with E-state index in [1.54, 1.807) is 26.4 Å². The summed E-state index contributed by atoms with van der Waals surface area (Å²) in [5, 5.41) is 0. The first kappa shape index (κ1) is 18.8. The Hall–Kier alpha value is -2.53. The molecule has 0 atom stereocenters. The molecule has 5 heteroatoms. The van der Waals surface area contributed by atoms with Crippen molar-refractivity contribution < 1.29 is 19.0 Å². The lowest BCUT2D eigenvalue weighted by molar-refractivity contribution is 0.0600. The number of hydrogen-bond acceptors (Lipinski definition) is 5. The summed E-state index contributed by atoms with van der Waals surface area (Å²) in [7, 11) is 6.75. The van der Waals surface area contributed by atoms with E-state index in [0.29, 0.717) is 5.56 Å². The third-order valence-electron chi connectivity index (χ3n) is 4.06. The molecule has 25 heavy (non-hydrogen) atoms. The molecule has 5 nitrogen and oxygen atoms in total. The predicted molar refractivity (Wildman–Crippen MR) is 97.4 cm³/mol. The van der Waals surface area contributed by atoms with Crippen LogP contribution < -0.4 is 9.47 Å². The van der Waals surface area contributed by atoms with Crippen LogP contribution in [0.1, 0.15) is 21.5 Å². The van der Waals surface area contributed by atoms with Crippen LogP contribution in [0, 0.1) is 0 Å². The Labute approximate surface area is 149 Å². The van der Waals surface area contributed by atoms with E-state index >= 15 is 0 Å². The molecule has 2 aromatic carbocycles. The summed E-state index contributed by atoms with van der Waals surface area (Å²) in [6.45, 7) is 1.73. The monoisotopic (exact) mass is 343 g/mol. The van der Waals surface area contributed by atoms with Gasteiger partial charge in [-0.3, -0.25) is 0 Å². The van der Waals surface area contributed by atoms with Crippen LogP contribution in [0.3, 0.4) is 0 Å². The van der Waals surface area contributed by atoms with Crippen molar-refractivity contribution in [3.63, 3.8) is 0 Å². The number of rotatable bonds is 8. The molecule has 0 heterocycles. The molecule has 0 spiro atoms. The number of benzene rings is 2. The Morgan fingerprint density at radius 3 is 2.16 bits per heavy atom. The van der Waals surface area contributed by atoms with Gasteiger partial charge in [-0.1, -0.05) is 18.2 Å². The smallest absolute Gasteiger partial charge is 0.337 e. The van der Waals surface area contributed by atoms with Gasteiger partial charge in [-0.15, -0.1) is 0 Å². The third-order valence-corrected chi connectivity index (χ3v) is 4.06. The van der Waals surface area contributed by atoms with Gasteiger partial charge in [-0.2, -0.15) is 0 Å². The first-order valence-corrected chi connectivity index (χ1v) is 8.14. The van der Waals surface area contributed by atoms with Crippen molar-refractivity contribution in [1.29, 1.82) is 0 Å². The second kappa shape index (κ2) is 9.08. The SMILES string of the molecule is COC(=O)c1ccc(CN(C)CCc2ccc(OC)c(OC)c2)cc1. The molecule has 0 bridgehead atoms. The molecule has 2 aromatic rings. The van der Waals surface area contributed by atoms with Crippen LogP contribution in [0.5, 0.6) is 11.5 Å². The highest BCUT2D eigenvalue weighted by Gasteiger charge is 2.08. The van der Waals surface area contributed by atoms with E-state index in [4.69, 9.17) is 14.2 Å². The van der Waals surface area contributed by atoms with E-state index < -0.39 is 0 Å². The van der Waals surface area contributed by atoms with Crippen LogP contribution in [0.15, 0.2) is 42.5 Å². The molecule has 134 valence electrons. The second-order valence-electron chi connectivity index (χ2n) is 5.87. The first-order chi connectivity index (χ1) is 12.1. The molecule has 0 radical (unpaired) electrons. The van der Waals surface area contributed by atoms with Crippen LogP contribution in [0.25, 0.3) is 0 Å². The van der Waals surface area contributed by atoms with Gasteiger partial charge in [0.25, 0.3) is 0 Å². The summed E-state index contributed by atoms with van der Waals surface area (Å²) in [5.41, 5.74) is 2.92. The summed E-state index contributed by atoms with van der Waals surface area (Å²) in [5.74, 6) is 1.18. The van der Waals surface area contributed by atoms with Crippen LogP contribution in [0.4, 0.5) is 0 Å². The minimum absolute atomic E-state index is 0.312. The van der Waals surface area contributed by atoms with Crippen molar-refractivity contribution >= 4 is 5.97 Å². The normalized spacial score (nSPS) is 10.6. The van der Waals surface area contributed by atoms with Gasteiger partial charge in [-0.25, -0.2) is 4.79 Å². The minimum atomic E-state index is -0.312. The number of carbonyl (C=O) groups is 1. The maximum atomic E-state index is 11.5. The van der Waals surface area contributed by atoms with Gasteiger partial charge in [0.1, 0.15) is 0 Å². The average Bonchev–Trinajstić information content (AvgIpc) is 2.66. The van der Waals surface area contributed by atoms with Gasteiger partial charge in [0.15, 0.2) is 11.5 Å². The maximum Gasteiger partial charge on any atom is 0.337 e. The summed E-state index contributed by atoms with van der Waals surface area (Å²) in [4.78, 5) is 13.7. The number of likely N-dealkylation sites (N-methyl/N-ethyl adjacent to an activating group) is 1. The lowest BCUT2D eigenvalue weighted by atomic mass is 10.1. The van der Waals surface area contributed by atoms with Gasteiger partial charge < -0.3 is 19.1 Å². The van der Waals surface area contributed by atoms with Crippen molar-refractivity contribution in [2.24, 2.45) is 0 Å². The van der Waals surface area contributed by atoms with Crippen LogP contribution in [0.2, 0.25) is 0 Å². The highest BCUT2D eigenvalue weighted by molar-refractivity contribution is 5.89. The zero-order valence-electron chi connectivity index (χ0n) is 15.2. The van der Waals surface area contributed by atoms with Crippen molar-refractivity contribution in [2.45, 2.75) is 13.0 Å². The number of esters is 1.